The molecule has 0 rings (SSSR count). The van der Waals surface area contributed by atoms with Gasteiger partial charge in [-0.3, -0.25) is 0 Å². The van der Waals surface area contributed by atoms with E-state index in [0.29, 0.717) is 18.9 Å². The van der Waals surface area contributed by atoms with Crippen molar-refractivity contribution in [2.75, 3.05) is 6.54 Å². The number of aliphatic carboxylic acids is 1. The summed E-state index contributed by atoms with van der Waals surface area (Å²) in [5.41, 5.74) is -1.19. The molecule has 0 spiro atoms. The first-order chi connectivity index (χ1) is 7.31. The van der Waals surface area contributed by atoms with Gasteiger partial charge < -0.3 is 15.7 Å². The zero-order chi connectivity index (χ0) is 12.8. The van der Waals surface area contributed by atoms with Crippen LogP contribution in [0.15, 0.2) is 0 Å². The number of carbonyl (C=O) groups excluding carboxylic acids is 1. The van der Waals surface area contributed by atoms with E-state index in [-0.39, 0.29) is 0 Å². The third-order valence-electron chi connectivity index (χ3n) is 2.58. The first-order valence-corrected chi connectivity index (χ1v) is 5.61. The molecule has 0 saturated carbocycles. The first kappa shape index (κ1) is 14.7. The van der Waals surface area contributed by atoms with Crippen LogP contribution in [-0.4, -0.2) is 29.2 Å². The molecule has 16 heavy (non-hydrogen) atoms. The van der Waals surface area contributed by atoms with Crippen molar-refractivity contribution in [2.45, 2.75) is 46.1 Å². The molecule has 5 heteroatoms. The van der Waals surface area contributed by atoms with E-state index in [1.165, 1.54) is 6.92 Å². The van der Waals surface area contributed by atoms with Gasteiger partial charge in [0, 0.05) is 6.54 Å². The number of carboxylic acids is 1. The monoisotopic (exact) mass is 230 g/mol. The Morgan fingerprint density at radius 3 is 2.31 bits per heavy atom. The lowest BCUT2D eigenvalue weighted by Gasteiger charge is -2.24. The highest BCUT2D eigenvalue weighted by Crippen LogP contribution is 2.08. The van der Waals surface area contributed by atoms with Gasteiger partial charge in [-0.05, 0) is 25.7 Å². The van der Waals surface area contributed by atoms with E-state index in [0.717, 1.165) is 6.42 Å². The van der Waals surface area contributed by atoms with Crippen molar-refractivity contribution in [3.8, 4) is 0 Å². The maximum Gasteiger partial charge on any atom is 0.329 e. The van der Waals surface area contributed by atoms with Crippen molar-refractivity contribution >= 4 is 12.0 Å². The number of urea groups is 1. The number of rotatable bonds is 6. The maximum atomic E-state index is 11.4. The molecule has 2 amide bonds. The zero-order valence-electron chi connectivity index (χ0n) is 10.5. The van der Waals surface area contributed by atoms with Crippen molar-refractivity contribution in [3.05, 3.63) is 0 Å². The molecule has 0 fully saturated rings. The minimum Gasteiger partial charge on any atom is -0.480 e. The van der Waals surface area contributed by atoms with Gasteiger partial charge in [-0.15, -0.1) is 0 Å². The smallest absolute Gasteiger partial charge is 0.329 e. The second-order valence-corrected chi connectivity index (χ2v) is 4.55. The van der Waals surface area contributed by atoms with Gasteiger partial charge >= 0.3 is 12.0 Å². The lowest BCUT2D eigenvalue weighted by Crippen LogP contribution is -2.54. The van der Waals surface area contributed by atoms with E-state index < -0.39 is 17.5 Å². The molecular formula is C11H22N2O3. The van der Waals surface area contributed by atoms with Crippen molar-refractivity contribution in [2.24, 2.45) is 5.92 Å². The Balaban J connectivity index is 4.07. The Morgan fingerprint density at radius 2 is 1.94 bits per heavy atom. The topological polar surface area (TPSA) is 78.4 Å². The van der Waals surface area contributed by atoms with Crippen LogP contribution in [0.1, 0.15) is 40.5 Å². The van der Waals surface area contributed by atoms with Gasteiger partial charge in [0.05, 0.1) is 0 Å². The summed E-state index contributed by atoms with van der Waals surface area (Å²) in [4.78, 5) is 22.3. The molecule has 0 aliphatic rings. The van der Waals surface area contributed by atoms with E-state index in [1.54, 1.807) is 6.92 Å². The van der Waals surface area contributed by atoms with Gasteiger partial charge in [-0.25, -0.2) is 9.59 Å². The van der Waals surface area contributed by atoms with Crippen molar-refractivity contribution in [3.63, 3.8) is 0 Å². The molecule has 94 valence electrons. The maximum absolute atomic E-state index is 11.4. The highest BCUT2D eigenvalue weighted by atomic mass is 16.4. The summed E-state index contributed by atoms with van der Waals surface area (Å²) in [6.45, 7) is 7.91. The molecule has 0 radical (unpaired) electrons. The minimum absolute atomic E-state index is 0.347. The minimum atomic E-state index is -1.19. The second kappa shape index (κ2) is 6.35. The average molecular weight is 230 g/mol. The van der Waals surface area contributed by atoms with Crippen LogP contribution in [-0.2, 0) is 4.79 Å². The summed E-state index contributed by atoms with van der Waals surface area (Å²) in [7, 11) is 0. The number of amides is 2. The second-order valence-electron chi connectivity index (χ2n) is 4.55. The van der Waals surface area contributed by atoms with Crippen molar-refractivity contribution in [1.29, 1.82) is 0 Å². The fourth-order valence-electron chi connectivity index (χ4n) is 1.06. The van der Waals surface area contributed by atoms with Crippen molar-refractivity contribution < 1.29 is 14.7 Å². The predicted molar refractivity (Wildman–Crippen MR) is 62.3 cm³/mol. The Morgan fingerprint density at radius 1 is 1.38 bits per heavy atom. The average Bonchev–Trinajstić information content (AvgIpc) is 2.16. The van der Waals surface area contributed by atoms with Gasteiger partial charge in [-0.2, -0.15) is 0 Å². The summed E-state index contributed by atoms with van der Waals surface area (Å²) in [5.74, 6) is -0.508. The lowest BCUT2D eigenvalue weighted by molar-refractivity contribution is -0.143. The Labute approximate surface area is 96.6 Å². The standard InChI is InChI=1S/C11H22N2O3/c1-5-11(4,9(14)15)13-10(16)12-7-6-8(2)3/h8H,5-7H2,1-4H3,(H,14,15)(H2,12,13,16). The Kier molecular flexibility index (Phi) is 5.85. The van der Waals surface area contributed by atoms with Gasteiger partial charge in [-0.1, -0.05) is 20.8 Å². The largest absolute Gasteiger partial charge is 0.480 e. The molecule has 0 saturated heterocycles. The fraction of sp³-hybridized carbons (Fsp3) is 0.818. The highest BCUT2D eigenvalue weighted by molar-refractivity contribution is 5.85. The summed E-state index contributed by atoms with van der Waals surface area (Å²) in [6, 6.07) is -0.424. The first-order valence-electron chi connectivity index (χ1n) is 5.61. The molecule has 0 aromatic rings. The molecule has 0 aromatic heterocycles. The third kappa shape index (κ3) is 5.00. The molecule has 0 heterocycles. The summed E-state index contributed by atoms with van der Waals surface area (Å²) in [6.07, 6.45) is 1.23. The molecule has 0 aliphatic heterocycles. The molecule has 1 atom stereocenters. The molecule has 1 unspecified atom stereocenters. The molecule has 0 aliphatic carbocycles. The summed E-state index contributed by atoms with van der Waals surface area (Å²) >= 11 is 0. The molecule has 3 N–H and O–H groups in total. The van der Waals surface area contributed by atoms with E-state index in [2.05, 4.69) is 24.5 Å². The zero-order valence-corrected chi connectivity index (χ0v) is 10.5. The molecule has 5 nitrogen and oxygen atoms in total. The van der Waals surface area contributed by atoms with Crippen LogP contribution in [0, 0.1) is 5.92 Å². The Bertz CT molecular complexity index is 254. The van der Waals surface area contributed by atoms with E-state index >= 15 is 0 Å². The number of hydrogen-bond acceptors (Lipinski definition) is 2. The highest BCUT2D eigenvalue weighted by Gasteiger charge is 2.32. The van der Waals surface area contributed by atoms with Gasteiger partial charge in [0.1, 0.15) is 5.54 Å². The summed E-state index contributed by atoms with van der Waals surface area (Å²) in [5, 5.41) is 14.1. The number of hydrogen-bond donors (Lipinski definition) is 3. The SMILES string of the molecule is CCC(C)(NC(=O)NCCC(C)C)C(=O)O. The Hall–Kier alpha value is -1.26. The van der Waals surface area contributed by atoms with Crippen LogP contribution in [0.2, 0.25) is 0 Å². The fourth-order valence-corrected chi connectivity index (χ4v) is 1.06. The molecular weight excluding hydrogens is 208 g/mol. The van der Waals surface area contributed by atoms with Crippen LogP contribution in [0.3, 0.4) is 0 Å². The van der Waals surface area contributed by atoms with E-state index in [9.17, 15) is 9.59 Å². The van der Waals surface area contributed by atoms with E-state index in [1.807, 2.05) is 0 Å². The van der Waals surface area contributed by atoms with Gasteiger partial charge in [0.25, 0.3) is 0 Å². The van der Waals surface area contributed by atoms with Gasteiger partial charge in [0.15, 0.2) is 0 Å². The van der Waals surface area contributed by atoms with Crippen LogP contribution >= 0.6 is 0 Å². The van der Waals surface area contributed by atoms with Crippen LogP contribution in [0.5, 0.6) is 0 Å². The van der Waals surface area contributed by atoms with Crippen LogP contribution in [0.4, 0.5) is 4.79 Å². The van der Waals surface area contributed by atoms with E-state index in [4.69, 9.17) is 5.11 Å². The van der Waals surface area contributed by atoms with Crippen LogP contribution in [0.25, 0.3) is 0 Å². The number of nitrogens with one attached hydrogen (secondary N) is 2. The molecule has 0 bridgehead atoms. The number of carboxylic acid groups (broad SMARTS) is 1. The third-order valence-corrected chi connectivity index (χ3v) is 2.58. The molecule has 0 aromatic carbocycles. The normalized spacial score (nSPS) is 14.3. The quantitative estimate of drug-likeness (QED) is 0.648. The van der Waals surface area contributed by atoms with Crippen molar-refractivity contribution in [1.82, 2.24) is 10.6 Å². The summed E-state index contributed by atoms with van der Waals surface area (Å²) < 4.78 is 0. The van der Waals surface area contributed by atoms with Crippen LogP contribution < -0.4 is 10.6 Å². The number of carbonyl (C=O) groups is 2. The predicted octanol–water partition coefficient (Wildman–Crippen LogP) is 1.59. The van der Waals surface area contributed by atoms with Gasteiger partial charge in [0.2, 0.25) is 0 Å². The lowest BCUT2D eigenvalue weighted by atomic mass is 10.00.